The predicted octanol–water partition coefficient (Wildman–Crippen LogP) is 2.25. The van der Waals surface area contributed by atoms with Crippen LogP contribution in [0.1, 0.15) is 47.5 Å². The Kier molecular flexibility index (Phi) is 3.76. The van der Waals surface area contributed by atoms with Gasteiger partial charge in [-0.15, -0.1) is 0 Å². The van der Waals surface area contributed by atoms with Crippen LogP contribution < -0.4 is 0 Å². The average Bonchev–Trinajstić information content (AvgIpc) is 2.62. The molecule has 0 aromatic rings. The summed E-state index contributed by atoms with van der Waals surface area (Å²) in [6, 6.07) is -0.169. The van der Waals surface area contributed by atoms with Gasteiger partial charge in [0.2, 0.25) is 5.91 Å². The summed E-state index contributed by atoms with van der Waals surface area (Å²) >= 11 is 0. The lowest BCUT2D eigenvalue weighted by molar-refractivity contribution is -0.142. The third-order valence-electron chi connectivity index (χ3n) is 3.67. The van der Waals surface area contributed by atoms with Gasteiger partial charge in [0.15, 0.2) is 5.78 Å². The van der Waals surface area contributed by atoms with E-state index in [1.165, 1.54) is 0 Å². The number of rotatable bonds is 2. The highest BCUT2D eigenvalue weighted by Gasteiger charge is 2.37. The van der Waals surface area contributed by atoms with Crippen LogP contribution in [0.4, 0.5) is 0 Å². The largest absolute Gasteiger partial charge is 0.332 e. The van der Waals surface area contributed by atoms with E-state index in [4.69, 9.17) is 0 Å². The van der Waals surface area contributed by atoms with Crippen LogP contribution in [0.5, 0.6) is 0 Å². The molecule has 1 rings (SSSR count). The number of hydrogen-bond acceptors (Lipinski definition) is 2. The van der Waals surface area contributed by atoms with Crippen molar-refractivity contribution in [2.75, 3.05) is 6.54 Å². The molecule has 2 atom stereocenters. The number of amides is 1. The number of carbonyl (C=O) groups is 2. The van der Waals surface area contributed by atoms with Crippen LogP contribution in [0.2, 0.25) is 0 Å². The highest BCUT2D eigenvalue weighted by molar-refractivity contribution is 5.89. The molecule has 0 bridgehead atoms. The summed E-state index contributed by atoms with van der Waals surface area (Å²) in [4.78, 5) is 25.5. The van der Waals surface area contributed by atoms with E-state index in [1.54, 1.807) is 11.8 Å². The Morgan fingerprint density at radius 1 is 1.31 bits per heavy atom. The van der Waals surface area contributed by atoms with Crippen LogP contribution in [-0.4, -0.2) is 29.2 Å². The minimum absolute atomic E-state index is 0.0348. The highest BCUT2D eigenvalue weighted by Crippen LogP contribution is 2.30. The van der Waals surface area contributed by atoms with Gasteiger partial charge >= 0.3 is 0 Å². The van der Waals surface area contributed by atoms with Crippen molar-refractivity contribution in [1.29, 1.82) is 0 Å². The Labute approximate surface area is 98.2 Å². The SMILES string of the molecule is CC(=O)[C@@H]1CCCN1C(=O)[C@@H](C)C(C)(C)C. The Bertz CT molecular complexity index is 291. The molecule has 0 aromatic carbocycles. The standard InChI is InChI=1S/C13H23NO2/c1-9(13(3,4)5)12(16)14-8-6-7-11(14)10(2)15/h9,11H,6-8H2,1-5H3/t9-,11+/m1/s1. The lowest BCUT2D eigenvalue weighted by Gasteiger charge is -2.32. The lowest BCUT2D eigenvalue weighted by Crippen LogP contribution is -2.45. The fraction of sp³-hybridized carbons (Fsp3) is 0.846. The van der Waals surface area contributed by atoms with E-state index < -0.39 is 0 Å². The maximum Gasteiger partial charge on any atom is 0.226 e. The molecule has 92 valence electrons. The number of carbonyl (C=O) groups excluding carboxylic acids is 2. The van der Waals surface area contributed by atoms with Gasteiger partial charge in [0.1, 0.15) is 0 Å². The fourth-order valence-corrected chi connectivity index (χ4v) is 2.07. The van der Waals surface area contributed by atoms with Crippen molar-refractivity contribution in [3.8, 4) is 0 Å². The Morgan fingerprint density at radius 3 is 2.31 bits per heavy atom. The van der Waals surface area contributed by atoms with Gasteiger partial charge < -0.3 is 4.90 Å². The molecule has 1 amide bonds. The third kappa shape index (κ3) is 2.63. The minimum Gasteiger partial charge on any atom is -0.332 e. The molecule has 0 aromatic heterocycles. The molecule has 0 aliphatic carbocycles. The monoisotopic (exact) mass is 225 g/mol. The summed E-state index contributed by atoms with van der Waals surface area (Å²) in [5.41, 5.74) is -0.0407. The normalized spacial score (nSPS) is 23.3. The van der Waals surface area contributed by atoms with E-state index in [1.807, 2.05) is 6.92 Å². The third-order valence-corrected chi connectivity index (χ3v) is 3.67. The second-order valence-corrected chi connectivity index (χ2v) is 5.89. The highest BCUT2D eigenvalue weighted by atomic mass is 16.2. The Hall–Kier alpha value is -0.860. The van der Waals surface area contributed by atoms with Crippen LogP contribution in [0, 0.1) is 11.3 Å². The van der Waals surface area contributed by atoms with Crippen LogP contribution in [-0.2, 0) is 9.59 Å². The van der Waals surface area contributed by atoms with Crippen molar-refractivity contribution in [2.45, 2.75) is 53.5 Å². The summed E-state index contributed by atoms with van der Waals surface area (Å²) in [7, 11) is 0. The smallest absolute Gasteiger partial charge is 0.226 e. The van der Waals surface area contributed by atoms with E-state index >= 15 is 0 Å². The first-order valence-corrected chi connectivity index (χ1v) is 6.06. The topological polar surface area (TPSA) is 37.4 Å². The quantitative estimate of drug-likeness (QED) is 0.723. The van der Waals surface area contributed by atoms with Gasteiger partial charge in [0.05, 0.1) is 6.04 Å². The summed E-state index contributed by atoms with van der Waals surface area (Å²) in [6.45, 7) is 10.5. The predicted molar refractivity (Wildman–Crippen MR) is 64.0 cm³/mol. The zero-order valence-corrected chi connectivity index (χ0v) is 11.0. The van der Waals surface area contributed by atoms with E-state index in [0.717, 1.165) is 19.4 Å². The summed E-state index contributed by atoms with van der Waals surface area (Å²) in [5.74, 6) is 0.213. The Balaban J connectivity index is 2.77. The molecule has 1 heterocycles. The van der Waals surface area contributed by atoms with Gasteiger partial charge in [0.25, 0.3) is 0 Å². The zero-order valence-electron chi connectivity index (χ0n) is 11.0. The van der Waals surface area contributed by atoms with Crippen LogP contribution in [0.25, 0.3) is 0 Å². The lowest BCUT2D eigenvalue weighted by atomic mass is 9.81. The molecule has 1 aliphatic rings. The summed E-state index contributed by atoms with van der Waals surface area (Å²) in [6.07, 6.45) is 1.78. The molecule has 1 saturated heterocycles. The summed E-state index contributed by atoms with van der Waals surface area (Å²) < 4.78 is 0. The molecule has 0 spiro atoms. The molecular weight excluding hydrogens is 202 g/mol. The molecule has 0 N–H and O–H groups in total. The van der Waals surface area contributed by atoms with Crippen molar-refractivity contribution >= 4 is 11.7 Å². The molecule has 0 unspecified atom stereocenters. The number of Topliss-reactive ketones (excluding diaryl/α,β-unsaturated/α-hetero) is 1. The van der Waals surface area contributed by atoms with Gasteiger partial charge in [-0.25, -0.2) is 0 Å². The minimum atomic E-state index is -0.169. The molecule has 1 fully saturated rings. The van der Waals surface area contributed by atoms with Gasteiger partial charge in [-0.2, -0.15) is 0 Å². The molecule has 0 radical (unpaired) electrons. The van der Waals surface area contributed by atoms with Crippen LogP contribution in [0.3, 0.4) is 0 Å². The molecule has 3 nitrogen and oxygen atoms in total. The van der Waals surface area contributed by atoms with Crippen molar-refractivity contribution in [3.63, 3.8) is 0 Å². The van der Waals surface area contributed by atoms with Gasteiger partial charge in [0, 0.05) is 12.5 Å². The molecular formula is C13H23NO2. The number of nitrogens with zero attached hydrogens (tertiary/aromatic N) is 1. The van der Waals surface area contributed by atoms with Crippen LogP contribution >= 0.6 is 0 Å². The van der Waals surface area contributed by atoms with Crippen molar-refractivity contribution < 1.29 is 9.59 Å². The van der Waals surface area contributed by atoms with E-state index in [9.17, 15) is 9.59 Å². The maximum atomic E-state index is 12.3. The fourth-order valence-electron chi connectivity index (χ4n) is 2.07. The average molecular weight is 225 g/mol. The number of likely N-dealkylation sites (tertiary alicyclic amines) is 1. The second-order valence-electron chi connectivity index (χ2n) is 5.89. The van der Waals surface area contributed by atoms with Gasteiger partial charge in [-0.1, -0.05) is 27.7 Å². The summed E-state index contributed by atoms with van der Waals surface area (Å²) in [5, 5.41) is 0. The van der Waals surface area contributed by atoms with E-state index in [-0.39, 0.29) is 29.1 Å². The Morgan fingerprint density at radius 2 is 1.88 bits per heavy atom. The first-order valence-electron chi connectivity index (χ1n) is 6.06. The maximum absolute atomic E-state index is 12.3. The van der Waals surface area contributed by atoms with Crippen molar-refractivity contribution in [2.24, 2.45) is 11.3 Å². The van der Waals surface area contributed by atoms with Crippen LogP contribution in [0.15, 0.2) is 0 Å². The number of hydrogen-bond donors (Lipinski definition) is 0. The van der Waals surface area contributed by atoms with E-state index in [2.05, 4.69) is 20.8 Å². The zero-order chi connectivity index (χ0) is 12.5. The number of ketones is 1. The second kappa shape index (κ2) is 4.56. The molecule has 0 saturated carbocycles. The molecule has 16 heavy (non-hydrogen) atoms. The van der Waals surface area contributed by atoms with Crippen molar-refractivity contribution in [3.05, 3.63) is 0 Å². The van der Waals surface area contributed by atoms with Gasteiger partial charge in [-0.05, 0) is 25.2 Å². The van der Waals surface area contributed by atoms with E-state index in [0.29, 0.717) is 0 Å². The molecule has 3 heteroatoms. The van der Waals surface area contributed by atoms with Gasteiger partial charge in [-0.3, -0.25) is 9.59 Å². The van der Waals surface area contributed by atoms with Crippen molar-refractivity contribution in [1.82, 2.24) is 4.90 Å². The first kappa shape index (κ1) is 13.2. The molecule has 1 aliphatic heterocycles. The first-order chi connectivity index (χ1) is 7.25.